The Morgan fingerprint density at radius 3 is 2.35 bits per heavy atom. The van der Waals surface area contributed by atoms with Crippen LogP contribution < -0.4 is 10.6 Å². The van der Waals surface area contributed by atoms with Gasteiger partial charge in [0.2, 0.25) is 5.91 Å². The molecular weight excluding hydrogens is 324 g/mol. The minimum atomic E-state index is -0.188. The van der Waals surface area contributed by atoms with Crippen molar-refractivity contribution in [1.82, 2.24) is 5.32 Å². The predicted octanol–water partition coefficient (Wildman–Crippen LogP) is 4.42. The fourth-order valence-corrected chi connectivity index (χ4v) is 2.49. The Kier molecular flexibility index (Phi) is 6.73. The molecule has 0 atom stereocenters. The lowest BCUT2D eigenvalue weighted by Crippen LogP contribution is -2.27. The van der Waals surface area contributed by atoms with Gasteiger partial charge < -0.3 is 10.6 Å². The van der Waals surface area contributed by atoms with Gasteiger partial charge in [-0.05, 0) is 54.7 Å². The summed E-state index contributed by atoms with van der Waals surface area (Å²) < 4.78 is 0. The van der Waals surface area contributed by atoms with Gasteiger partial charge in [-0.15, -0.1) is 0 Å². The fourth-order valence-electron chi connectivity index (χ4n) is 2.49. The summed E-state index contributed by atoms with van der Waals surface area (Å²) in [6.07, 6.45) is 1.58. The molecule has 0 aliphatic rings. The van der Waals surface area contributed by atoms with Crippen molar-refractivity contribution >= 4 is 23.1 Å². The van der Waals surface area contributed by atoms with E-state index in [1.54, 1.807) is 24.3 Å². The third-order valence-corrected chi connectivity index (χ3v) is 3.99. The number of amides is 2. The second-order valence-corrected chi connectivity index (χ2v) is 6.82. The van der Waals surface area contributed by atoms with Gasteiger partial charge in [0.15, 0.2) is 0 Å². The first kappa shape index (κ1) is 19.4. The van der Waals surface area contributed by atoms with Gasteiger partial charge in [-0.2, -0.15) is 0 Å². The van der Waals surface area contributed by atoms with Crippen LogP contribution >= 0.6 is 0 Å². The molecule has 0 aliphatic heterocycles. The quantitative estimate of drug-likeness (QED) is 0.758. The molecule has 0 bridgehead atoms. The zero-order valence-corrected chi connectivity index (χ0v) is 15.8. The van der Waals surface area contributed by atoms with Gasteiger partial charge in [0, 0.05) is 23.9 Å². The van der Waals surface area contributed by atoms with Crippen LogP contribution in [0.15, 0.2) is 54.6 Å². The normalized spacial score (nSPS) is 11.3. The van der Waals surface area contributed by atoms with E-state index in [1.165, 1.54) is 0 Å². The molecule has 0 radical (unpaired) electrons. The Labute approximate surface area is 155 Å². The third kappa shape index (κ3) is 5.59. The Balaban J connectivity index is 2.05. The van der Waals surface area contributed by atoms with Crippen LogP contribution in [0.25, 0.3) is 5.57 Å². The third-order valence-electron chi connectivity index (χ3n) is 3.99. The molecule has 0 saturated heterocycles. The molecule has 0 saturated carbocycles. The van der Waals surface area contributed by atoms with Crippen LogP contribution in [0.4, 0.5) is 5.69 Å². The highest BCUT2D eigenvalue weighted by atomic mass is 16.2. The average molecular weight is 350 g/mol. The number of carbonyl (C=O) groups excluding carboxylic acids is 2. The van der Waals surface area contributed by atoms with Gasteiger partial charge in [0.1, 0.15) is 0 Å². The molecule has 4 heteroatoms. The number of rotatable bonds is 6. The monoisotopic (exact) mass is 350 g/mol. The number of aryl methyl sites for hydroxylation is 1. The number of anilines is 1. The summed E-state index contributed by atoms with van der Waals surface area (Å²) in [6, 6.07) is 15.0. The number of hydrogen-bond acceptors (Lipinski definition) is 2. The summed E-state index contributed by atoms with van der Waals surface area (Å²) in [5.74, 6) is 0.115. The minimum absolute atomic E-state index is 0.0977. The Morgan fingerprint density at radius 1 is 1.04 bits per heavy atom. The molecule has 4 nitrogen and oxygen atoms in total. The van der Waals surface area contributed by atoms with Crippen molar-refractivity contribution in [2.24, 2.45) is 5.92 Å². The lowest BCUT2D eigenvalue weighted by Gasteiger charge is -2.11. The number of carbonyl (C=O) groups is 2. The zero-order valence-electron chi connectivity index (χ0n) is 15.8. The number of allylic oxidation sites excluding steroid dienone is 1. The van der Waals surface area contributed by atoms with Crippen molar-refractivity contribution in [3.05, 3.63) is 71.3 Å². The first-order valence-corrected chi connectivity index (χ1v) is 8.80. The summed E-state index contributed by atoms with van der Waals surface area (Å²) in [7, 11) is 0. The number of nitrogens with one attached hydrogen (secondary N) is 2. The van der Waals surface area contributed by atoms with Gasteiger partial charge in [0.05, 0.1) is 0 Å². The lowest BCUT2D eigenvalue weighted by atomic mass is 10.1. The first-order valence-electron chi connectivity index (χ1n) is 8.80. The summed E-state index contributed by atoms with van der Waals surface area (Å²) in [6.45, 7) is 8.52. The van der Waals surface area contributed by atoms with Crippen molar-refractivity contribution < 1.29 is 9.59 Å². The second kappa shape index (κ2) is 8.99. The molecular formula is C22H26N2O2. The lowest BCUT2D eigenvalue weighted by molar-refractivity contribution is -0.111. The maximum Gasteiger partial charge on any atom is 0.251 e. The molecule has 2 N–H and O–H groups in total. The Bertz CT molecular complexity index is 808. The van der Waals surface area contributed by atoms with E-state index in [4.69, 9.17) is 0 Å². The van der Waals surface area contributed by atoms with Gasteiger partial charge in [0.25, 0.3) is 5.91 Å². The fraction of sp³-hybridized carbons (Fsp3) is 0.273. The first-order chi connectivity index (χ1) is 12.4. The molecule has 0 unspecified atom stereocenters. The number of benzene rings is 2. The van der Waals surface area contributed by atoms with Crippen LogP contribution in [0, 0.1) is 12.8 Å². The molecule has 0 spiro atoms. The van der Waals surface area contributed by atoms with Crippen molar-refractivity contribution in [2.75, 3.05) is 11.9 Å². The topological polar surface area (TPSA) is 58.2 Å². The molecule has 0 heterocycles. The predicted molar refractivity (Wildman–Crippen MR) is 107 cm³/mol. The van der Waals surface area contributed by atoms with Gasteiger partial charge >= 0.3 is 0 Å². The van der Waals surface area contributed by atoms with E-state index >= 15 is 0 Å². The van der Waals surface area contributed by atoms with Crippen LogP contribution in [0.5, 0.6) is 0 Å². The molecule has 2 aromatic carbocycles. The molecule has 2 rings (SSSR count). The van der Waals surface area contributed by atoms with E-state index < -0.39 is 0 Å². The van der Waals surface area contributed by atoms with E-state index in [0.717, 1.165) is 16.7 Å². The Hall–Kier alpha value is -2.88. The van der Waals surface area contributed by atoms with Crippen molar-refractivity contribution in [3.8, 4) is 0 Å². The van der Waals surface area contributed by atoms with E-state index in [9.17, 15) is 9.59 Å². The van der Waals surface area contributed by atoms with Crippen molar-refractivity contribution in [3.63, 3.8) is 0 Å². The van der Waals surface area contributed by atoms with Gasteiger partial charge in [-0.1, -0.05) is 44.2 Å². The number of hydrogen-bond donors (Lipinski definition) is 2. The minimum Gasteiger partial charge on any atom is -0.352 e. The van der Waals surface area contributed by atoms with Crippen LogP contribution in [0.2, 0.25) is 0 Å². The summed E-state index contributed by atoms with van der Waals surface area (Å²) >= 11 is 0. The molecule has 136 valence electrons. The van der Waals surface area contributed by atoms with Crippen LogP contribution in [0.1, 0.15) is 42.3 Å². The summed E-state index contributed by atoms with van der Waals surface area (Å²) in [4.78, 5) is 24.4. The smallest absolute Gasteiger partial charge is 0.251 e. The molecule has 0 fully saturated rings. The highest BCUT2D eigenvalue weighted by molar-refractivity contribution is 6.04. The average Bonchev–Trinajstić information content (AvgIpc) is 2.62. The van der Waals surface area contributed by atoms with Gasteiger partial charge in [-0.3, -0.25) is 9.59 Å². The maximum absolute atomic E-state index is 12.3. The van der Waals surface area contributed by atoms with E-state index in [-0.39, 0.29) is 11.8 Å². The summed E-state index contributed by atoms with van der Waals surface area (Å²) in [5.41, 5.74) is 4.05. The zero-order chi connectivity index (χ0) is 19.1. The molecule has 0 aliphatic carbocycles. The van der Waals surface area contributed by atoms with E-state index in [2.05, 4.69) is 24.5 Å². The SMILES string of the molecule is C/C(=C/C(=O)Nc1ccc(C(=O)NCC(C)C)cc1C)c1ccccc1. The molecule has 2 amide bonds. The Morgan fingerprint density at radius 2 is 1.73 bits per heavy atom. The van der Waals surface area contributed by atoms with Crippen LogP contribution in [-0.2, 0) is 4.79 Å². The largest absolute Gasteiger partial charge is 0.352 e. The van der Waals surface area contributed by atoms with E-state index in [1.807, 2.05) is 44.2 Å². The second-order valence-electron chi connectivity index (χ2n) is 6.82. The molecule has 0 aromatic heterocycles. The van der Waals surface area contributed by atoms with E-state index in [0.29, 0.717) is 23.7 Å². The van der Waals surface area contributed by atoms with Crippen LogP contribution in [-0.4, -0.2) is 18.4 Å². The standard InChI is InChI=1S/C22H26N2O2/c1-15(2)14-23-22(26)19-10-11-20(17(4)12-19)24-21(25)13-16(3)18-8-6-5-7-9-18/h5-13,15H,14H2,1-4H3,(H,23,26)(H,24,25)/b16-13-. The molecule has 26 heavy (non-hydrogen) atoms. The van der Waals surface area contributed by atoms with Crippen LogP contribution in [0.3, 0.4) is 0 Å². The highest BCUT2D eigenvalue weighted by Gasteiger charge is 2.09. The van der Waals surface area contributed by atoms with Crippen molar-refractivity contribution in [1.29, 1.82) is 0 Å². The highest BCUT2D eigenvalue weighted by Crippen LogP contribution is 2.18. The van der Waals surface area contributed by atoms with Crippen molar-refractivity contribution in [2.45, 2.75) is 27.7 Å². The summed E-state index contributed by atoms with van der Waals surface area (Å²) in [5, 5.41) is 5.77. The molecule has 2 aromatic rings. The van der Waals surface area contributed by atoms with Gasteiger partial charge in [-0.25, -0.2) is 0 Å². The maximum atomic E-state index is 12.3.